The Kier molecular flexibility index (Phi) is 6.80. The maximum absolute atomic E-state index is 13.2. The van der Waals surface area contributed by atoms with Crippen LogP contribution in [0.4, 0.5) is 0 Å². The van der Waals surface area contributed by atoms with Gasteiger partial charge in [-0.05, 0) is 50.3 Å². The monoisotopic (exact) mass is 352 g/mol. The lowest BCUT2D eigenvalue weighted by Gasteiger charge is -2.37. The molecule has 134 valence electrons. The van der Waals surface area contributed by atoms with Crippen LogP contribution in [-0.4, -0.2) is 43.2 Å². The maximum Gasteiger partial charge on any atom is 0.194 e. The predicted molar refractivity (Wildman–Crippen MR) is 96.1 cm³/mol. The lowest BCUT2D eigenvalue weighted by molar-refractivity contribution is 0.174. The summed E-state index contributed by atoms with van der Waals surface area (Å²) in [4.78, 5) is 2.44. The van der Waals surface area contributed by atoms with E-state index in [0.29, 0.717) is 23.8 Å². The second-order valence-electron chi connectivity index (χ2n) is 6.95. The molecule has 1 aromatic rings. The van der Waals surface area contributed by atoms with Crippen LogP contribution in [0.25, 0.3) is 0 Å². The molecule has 1 N–H and O–H groups in total. The molecule has 1 aromatic carbocycles. The summed E-state index contributed by atoms with van der Waals surface area (Å²) in [5.74, 6) is 0.564. The van der Waals surface area contributed by atoms with Gasteiger partial charge < -0.3 is 5.21 Å². The van der Waals surface area contributed by atoms with Gasteiger partial charge in [0.15, 0.2) is 9.84 Å². The minimum Gasteiger partial charge on any atom is -0.411 e. The second-order valence-corrected chi connectivity index (χ2v) is 9.05. The molecule has 0 saturated carbocycles. The molecule has 1 aliphatic rings. The van der Waals surface area contributed by atoms with Crippen LogP contribution < -0.4 is 0 Å². The van der Waals surface area contributed by atoms with Crippen molar-refractivity contribution < 1.29 is 13.6 Å². The fraction of sp³-hybridized carbons (Fsp3) is 0.611. The van der Waals surface area contributed by atoms with Gasteiger partial charge >= 0.3 is 0 Å². The van der Waals surface area contributed by atoms with Gasteiger partial charge in [-0.3, -0.25) is 4.90 Å². The van der Waals surface area contributed by atoms with Crippen LogP contribution in [0.15, 0.2) is 40.4 Å². The number of hydrogen-bond donors (Lipinski definition) is 1. The molecular weight excluding hydrogens is 324 g/mol. The molecule has 5 nitrogen and oxygen atoms in total. The largest absolute Gasteiger partial charge is 0.411 e. The van der Waals surface area contributed by atoms with Crippen molar-refractivity contribution >= 4 is 16.1 Å². The first kappa shape index (κ1) is 18.9. The number of nitrogens with zero attached hydrogens (tertiary/aromatic N) is 2. The van der Waals surface area contributed by atoms with Crippen molar-refractivity contribution in [2.24, 2.45) is 17.0 Å². The molecule has 2 atom stereocenters. The zero-order valence-corrected chi connectivity index (χ0v) is 15.3. The minimum absolute atomic E-state index is 0.108. The number of hydrogen-bond acceptors (Lipinski definition) is 5. The number of benzene rings is 1. The molecule has 0 aliphatic carbocycles. The summed E-state index contributed by atoms with van der Waals surface area (Å²) in [6, 6.07) is 8.72. The number of oxime groups is 1. The van der Waals surface area contributed by atoms with E-state index in [1.165, 1.54) is 6.21 Å². The molecule has 1 aliphatic heterocycles. The molecule has 6 heteroatoms. The van der Waals surface area contributed by atoms with Crippen LogP contribution in [0.3, 0.4) is 0 Å². The van der Waals surface area contributed by atoms with Crippen molar-refractivity contribution in [2.45, 2.75) is 49.8 Å². The Labute approximate surface area is 145 Å². The zero-order valence-electron chi connectivity index (χ0n) is 14.5. The number of piperidine rings is 1. The molecular formula is C18H28N2O3S. The van der Waals surface area contributed by atoms with Crippen LogP contribution in [0.5, 0.6) is 0 Å². The Morgan fingerprint density at radius 3 is 2.62 bits per heavy atom. The van der Waals surface area contributed by atoms with E-state index in [0.717, 1.165) is 25.8 Å². The highest BCUT2D eigenvalue weighted by Crippen LogP contribution is 2.28. The van der Waals surface area contributed by atoms with E-state index >= 15 is 0 Å². The Morgan fingerprint density at radius 1 is 1.29 bits per heavy atom. The summed E-state index contributed by atoms with van der Waals surface area (Å²) in [6.07, 6.45) is 4.87. The lowest BCUT2D eigenvalue weighted by atomic mass is 9.98. The smallest absolute Gasteiger partial charge is 0.194 e. The molecule has 2 unspecified atom stereocenters. The van der Waals surface area contributed by atoms with Crippen LogP contribution in [-0.2, 0) is 9.84 Å². The highest BCUT2D eigenvalue weighted by molar-refractivity contribution is 7.92. The number of rotatable bonds is 7. The summed E-state index contributed by atoms with van der Waals surface area (Å²) in [7, 11) is -3.42. The number of sulfone groups is 1. The summed E-state index contributed by atoms with van der Waals surface area (Å²) < 4.78 is 26.4. The predicted octanol–water partition coefficient (Wildman–Crippen LogP) is 3.39. The van der Waals surface area contributed by atoms with Gasteiger partial charge in [0.25, 0.3) is 0 Å². The quantitative estimate of drug-likeness (QED) is 0.464. The van der Waals surface area contributed by atoms with E-state index < -0.39 is 15.2 Å². The average molecular weight is 353 g/mol. The first-order chi connectivity index (χ1) is 11.4. The van der Waals surface area contributed by atoms with Gasteiger partial charge in [0.1, 0.15) is 5.37 Å². The number of likely N-dealkylation sites (tertiary alicyclic amines) is 1. The molecule has 0 spiro atoms. The molecule has 1 fully saturated rings. The molecule has 0 radical (unpaired) electrons. The maximum atomic E-state index is 13.2. The highest BCUT2D eigenvalue weighted by Gasteiger charge is 2.35. The molecule has 0 aromatic heterocycles. The third-order valence-corrected chi connectivity index (χ3v) is 6.77. The van der Waals surface area contributed by atoms with Crippen LogP contribution in [0.2, 0.25) is 0 Å². The zero-order chi connectivity index (χ0) is 17.6. The Hall–Kier alpha value is -1.40. The van der Waals surface area contributed by atoms with Crippen LogP contribution in [0, 0.1) is 11.8 Å². The van der Waals surface area contributed by atoms with Crippen molar-refractivity contribution in [3.05, 3.63) is 30.3 Å². The van der Waals surface area contributed by atoms with E-state index in [4.69, 9.17) is 5.21 Å². The fourth-order valence-electron chi connectivity index (χ4n) is 3.30. The van der Waals surface area contributed by atoms with Crippen molar-refractivity contribution in [3.8, 4) is 0 Å². The Morgan fingerprint density at radius 2 is 2.00 bits per heavy atom. The molecule has 24 heavy (non-hydrogen) atoms. The average Bonchev–Trinajstić information content (AvgIpc) is 2.56. The van der Waals surface area contributed by atoms with Gasteiger partial charge in [0.2, 0.25) is 0 Å². The van der Waals surface area contributed by atoms with Crippen molar-refractivity contribution in [1.82, 2.24) is 4.90 Å². The summed E-state index contributed by atoms with van der Waals surface area (Å²) in [5, 5.41) is 11.4. The fourth-order valence-corrected chi connectivity index (χ4v) is 5.18. The lowest BCUT2D eigenvalue weighted by Crippen LogP contribution is -2.47. The van der Waals surface area contributed by atoms with Gasteiger partial charge in [0, 0.05) is 18.7 Å². The third kappa shape index (κ3) is 4.80. The van der Waals surface area contributed by atoms with E-state index in [9.17, 15) is 8.42 Å². The third-order valence-electron chi connectivity index (χ3n) is 4.59. The standard InChI is InChI=1S/C18H28N2O3S/c1-15(2)10-11-18(20-12-6-7-16(14-20)13-19-21)24(22,23)17-8-4-3-5-9-17/h3-5,8-9,13,15-16,18,21H,6-7,10-12,14H2,1-2H3. The van der Waals surface area contributed by atoms with Crippen molar-refractivity contribution in [3.63, 3.8) is 0 Å². The van der Waals surface area contributed by atoms with Gasteiger partial charge in [-0.2, -0.15) is 0 Å². The van der Waals surface area contributed by atoms with Gasteiger partial charge in [-0.25, -0.2) is 8.42 Å². The summed E-state index contributed by atoms with van der Waals surface area (Å²) in [6.45, 7) is 5.62. The minimum atomic E-state index is -3.42. The van der Waals surface area contributed by atoms with Crippen molar-refractivity contribution in [1.29, 1.82) is 0 Å². The first-order valence-electron chi connectivity index (χ1n) is 8.65. The van der Waals surface area contributed by atoms with Gasteiger partial charge in [0.05, 0.1) is 4.90 Å². The van der Waals surface area contributed by atoms with E-state index in [1.807, 2.05) is 6.07 Å². The summed E-state index contributed by atoms with van der Waals surface area (Å²) in [5.41, 5.74) is 0. The summed E-state index contributed by atoms with van der Waals surface area (Å²) >= 11 is 0. The normalized spacial score (nSPS) is 21.4. The van der Waals surface area contributed by atoms with E-state index in [-0.39, 0.29) is 5.92 Å². The Bertz CT molecular complexity index is 629. The highest BCUT2D eigenvalue weighted by atomic mass is 32.2. The molecule has 1 saturated heterocycles. The van der Waals surface area contributed by atoms with Crippen LogP contribution in [0.1, 0.15) is 39.5 Å². The SMILES string of the molecule is CC(C)CCC(N1CCCC(C=NO)C1)S(=O)(=O)c1ccccc1. The molecule has 2 rings (SSSR count). The van der Waals surface area contributed by atoms with E-state index in [2.05, 4.69) is 23.9 Å². The Balaban J connectivity index is 2.27. The second kappa shape index (κ2) is 8.62. The van der Waals surface area contributed by atoms with Gasteiger partial charge in [-0.1, -0.05) is 32.0 Å². The van der Waals surface area contributed by atoms with Crippen LogP contribution >= 0.6 is 0 Å². The molecule has 1 heterocycles. The first-order valence-corrected chi connectivity index (χ1v) is 10.2. The van der Waals surface area contributed by atoms with Gasteiger partial charge in [-0.15, -0.1) is 5.16 Å². The topological polar surface area (TPSA) is 70.0 Å². The van der Waals surface area contributed by atoms with Crippen molar-refractivity contribution in [2.75, 3.05) is 13.1 Å². The molecule has 0 bridgehead atoms. The van der Waals surface area contributed by atoms with E-state index in [1.54, 1.807) is 24.3 Å². The molecule has 0 amide bonds.